The van der Waals surface area contributed by atoms with Crippen LogP contribution in [0.2, 0.25) is 0 Å². The number of piperidine rings is 1. The number of benzene rings is 2. The second kappa shape index (κ2) is 8.91. The maximum Gasteiger partial charge on any atom is 0.253 e. The molecule has 2 aromatic carbocycles. The fourth-order valence-corrected chi connectivity index (χ4v) is 3.63. The molecule has 0 saturated carbocycles. The van der Waals surface area contributed by atoms with Crippen LogP contribution in [-0.4, -0.2) is 36.4 Å². The van der Waals surface area contributed by atoms with E-state index >= 15 is 0 Å². The van der Waals surface area contributed by atoms with Crippen LogP contribution in [0.25, 0.3) is 0 Å². The van der Waals surface area contributed by atoms with Crippen LogP contribution in [-0.2, 0) is 11.3 Å². The summed E-state index contributed by atoms with van der Waals surface area (Å²) >= 11 is 0. The van der Waals surface area contributed by atoms with E-state index in [1.165, 1.54) is 0 Å². The number of carbonyl (C=O) groups excluding carboxylic acids is 2. The molecule has 1 N–H and O–H groups in total. The third-order valence-electron chi connectivity index (χ3n) is 5.24. The van der Waals surface area contributed by atoms with E-state index in [4.69, 9.17) is 4.74 Å². The van der Waals surface area contributed by atoms with Crippen molar-refractivity contribution in [2.24, 2.45) is 5.41 Å². The minimum absolute atomic E-state index is 0.000506. The Balaban J connectivity index is 1.63. The molecule has 148 valence electrons. The monoisotopic (exact) mass is 380 g/mol. The summed E-state index contributed by atoms with van der Waals surface area (Å²) in [4.78, 5) is 27.6. The largest absolute Gasteiger partial charge is 0.494 e. The Kier molecular flexibility index (Phi) is 6.34. The van der Waals surface area contributed by atoms with Gasteiger partial charge in [-0.3, -0.25) is 9.59 Å². The standard InChI is InChI=1S/C23H28N2O3/c1-3-28-20-12-10-19(11-13-20)21(26)25-15-7-14-23(2,17-25)22(27)24-16-18-8-5-4-6-9-18/h4-6,8-13H,3,7,14-17H2,1-2H3,(H,24,27)/t23-/m1/s1. The van der Waals surface area contributed by atoms with Crippen LogP contribution in [0.4, 0.5) is 0 Å². The van der Waals surface area contributed by atoms with E-state index in [2.05, 4.69) is 5.32 Å². The smallest absolute Gasteiger partial charge is 0.253 e. The molecule has 0 aromatic heterocycles. The summed E-state index contributed by atoms with van der Waals surface area (Å²) in [6, 6.07) is 17.1. The number of carbonyl (C=O) groups is 2. The summed E-state index contributed by atoms with van der Waals surface area (Å²) in [6.45, 7) is 6.08. The van der Waals surface area contributed by atoms with Crippen molar-refractivity contribution in [2.75, 3.05) is 19.7 Å². The van der Waals surface area contributed by atoms with Crippen molar-refractivity contribution in [3.05, 3.63) is 65.7 Å². The molecule has 2 aromatic rings. The van der Waals surface area contributed by atoms with Gasteiger partial charge in [-0.15, -0.1) is 0 Å². The number of hydrogen-bond acceptors (Lipinski definition) is 3. The molecule has 1 aliphatic heterocycles. The van der Waals surface area contributed by atoms with Crippen molar-refractivity contribution in [2.45, 2.75) is 33.2 Å². The van der Waals surface area contributed by atoms with Gasteiger partial charge in [0.25, 0.3) is 5.91 Å². The van der Waals surface area contributed by atoms with Crippen LogP contribution >= 0.6 is 0 Å². The fourth-order valence-electron chi connectivity index (χ4n) is 3.63. The Hall–Kier alpha value is -2.82. The fraction of sp³-hybridized carbons (Fsp3) is 0.391. The summed E-state index contributed by atoms with van der Waals surface area (Å²) in [7, 11) is 0. The number of nitrogens with zero attached hydrogens (tertiary/aromatic N) is 1. The van der Waals surface area contributed by atoms with Gasteiger partial charge in [0.15, 0.2) is 0 Å². The Morgan fingerprint density at radius 1 is 1.11 bits per heavy atom. The van der Waals surface area contributed by atoms with E-state index in [1.54, 1.807) is 17.0 Å². The molecule has 5 heteroatoms. The summed E-state index contributed by atoms with van der Waals surface area (Å²) in [6.07, 6.45) is 1.60. The number of likely N-dealkylation sites (tertiary alicyclic amines) is 1. The van der Waals surface area contributed by atoms with Crippen LogP contribution < -0.4 is 10.1 Å². The first-order chi connectivity index (χ1) is 13.5. The first kappa shape index (κ1) is 19.9. The van der Waals surface area contributed by atoms with E-state index in [0.717, 1.165) is 24.2 Å². The maximum absolute atomic E-state index is 12.9. The third-order valence-corrected chi connectivity index (χ3v) is 5.24. The van der Waals surface area contributed by atoms with Crippen LogP contribution in [0.3, 0.4) is 0 Å². The first-order valence-electron chi connectivity index (χ1n) is 9.86. The minimum atomic E-state index is -0.575. The number of hydrogen-bond donors (Lipinski definition) is 1. The van der Waals surface area contributed by atoms with E-state index in [0.29, 0.717) is 31.8 Å². The third kappa shape index (κ3) is 4.71. The predicted molar refractivity (Wildman–Crippen MR) is 109 cm³/mol. The highest BCUT2D eigenvalue weighted by Crippen LogP contribution is 2.31. The molecule has 0 aliphatic carbocycles. The Labute approximate surface area is 166 Å². The second-order valence-corrected chi connectivity index (χ2v) is 7.52. The number of nitrogens with one attached hydrogen (secondary N) is 1. The van der Waals surface area contributed by atoms with Gasteiger partial charge in [0.2, 0.25) is 5.91 Å². The molecule has 1 saturated heterocycles. The zero-order valence-electron chi connectivity index (χ0n) is 16.6. The number of amides is 2. The van der Waals surface area contributed by atoms with Gasteiger partial charge in [0.05, 0.1) is 12.0 Å². The van der Waals surface area contributed by atoms with Crippen LogP contribution in [0.5, 0.6) is 5.75 Å². The van der Waals surface area contributed by atoms with Gasteiger partial charge in [-0.25, -0.2) is 0 Å². The lowest BCUT2D eigenvalue weighted by molar-refractivity contribution is -0.132. The van der Waals surface area contributed by atoms with Gasteiger partial charge in [-0.2, -0.15) is 0 Å². The molecule has 1 fully saturated rings. The van der Waals surface area contributed by atoms with Crippen molar-refractivity contribution in [3.8, 4) is 5.75 Å². The lowest BCUT2D eigenvalue weighted by atomic mass is 9.80. The van der Waals surface area contributed by atoms with Crippen LogP contribution in [0, 0.1) is 5.41 Å². The minimum Gasteiger partial charge on any atom is -0.494 e. The molecule has 3 rings (SSSR count). The lowest BCUT2D eigenvalue weighted by Crippen LogP contribution is -2.51. The highest BCUT2D eigenvalue weighted by atomic mass is 16.5. The van der Waals surface area contributed by atoms with E-state index in [9.17, 15) is 9.59 Å². The van der Waals surface area contributed by atoms with Gasteiger partial charge < -0.3 is 15.0 Å². The zero-order valence-corrected chi connectivity index (χ0v) is 16.6. The van der Waals surface area contributed by atoms with Crippen molar-refractivity contribution in [1.82, 2.24) is 10.2 Å². The number of rotatable bonds is 6. The van der Waals surface area contributed by atoms with E-state index in [-0.39, 0.29) is 11.8 Å². The Bertz CT molecular complexity index is 804. The molecule has 0 spiro atoms. The normalized spacial score (nSPS) is 19.1. The van der Waals surface area contributed by atoms with Gasteiger partial charge >= 0.3 is 0 Å². The highest BCUT2D eigenvalue weighted by molar-refractivity contribution is 5.95. The molecule has 0 radical (unpaired) electrons. The van der Waals surface area contributed by atoms with Gasteiger partial charge in [0.1, 0.15) is 5.75 Å². The summed E-state index contributed by atoms with van der Waals surface area (Å²) in [5, 5.41) is 3.04. The molecule has 1 atom stereocenters. The predicted octanol–water partition coefficient (Wildman–Crippen LogP) is 3.64. The van der Waals surface area contributed by atoms with Crippen molar-refractivity contribution in [1.29, 1.82) is 0 Å². The van der Waals surface area contributed by atoms with Crippen LogP contribution in [0.15, 0.2) is 54.6 Å². The second-order valence-electron chi connectivity index (χ2n) is 7.52. The summed E-state index contributed by atoms with van der Waals surface area (Å²) in [5.74, 6) is 0.716. The molecule has 28 heavy (non-hydrogen) atoms. The van der Waals surface area contributed by atoms with E-state index in [1.807, 2.05) is 56.3 Å². The first-order valence-corrected chi connectivity index (χ1v) is 9.86. The molecule has 1 aliphatic rings. The summed E-state index contributed by atoms with van der Waals surface area (Å²) in [5.41, 5.74) is 1.11. The van der Waals surface area contributed by atoms with Crippen molar-refractivity contribution < 1.29 is 14.3 Å². The lowest BCUT2D eigenvalue weighted by Gasteiger charge is -2.39. The van der Waals surface area contributed by atoms with Gasteiger partial charge in [-0.05, 0) is 56.5 Å². The van der Waals surface area contributed by atoms with Crippen molar-refractivity contribution >= 4 is 11.8 Å². The maximum atomic E-state index is 12.9. The molecular weight excluding hydrogens is 352 g/mol. The van der Waals surface area contributed by atoms with E-state index < -0.39 is 5.41 Å². The quantitative estimate of drug-likeness (QED) is 0.832. The topological polar surface area (TPSA) is 58.6 Å². The molecule has 0 bridgehead atoms. The molecule has 2 amide bonds. The van der Waals surface area contributed by atoms with Crippen LogP contribution in [0.1, 0.15) is 42.6 Å². The molecule has 5 nitrogen and oxygen atoms in total. The van der Waals surface area contributed by atoms with Gasteiger partial charge in [0, 0.05) is 25.2 Å². The molecular formula is C23H28N2O3. The zero-order chi connectivity index (χ0) is 20.0. The molecule has 0 unspecified atom stereocenters. The average molecular weight is 380 g/mol. The van der Waals surface area contributed by atoms with Gasteiger partial charge in [-0.1, -0.05) is 30.3 Å². The summed E-state index contributed by atoms with van der Waals surface area (Å²) < 4.78 is 5.44. The number of ether oxygens (including phenoxy) is 1. The Morgan fingerprint density at radius 3 is 2.50 bits per heavy atom. The highest BCUT2D eigenvalue weighted by Gasteiger charge is 2.39. The SMILES string of the molecule is CCOc1ccc(C(=O)N2CCC[C@@](C)(C(=O)NCc3ccccc3)C2)cc1. The molecule has 1 heterocycles. The average Bonchev–Trinajstić information content (AvgIpc) is 2.73. The Morgan fingerprint density at radius 2 is 1.82 bits per heavy atom. The van der Waals surface area contributed by atoms with Crippen molar-refractivity contribution in [3.63, 3.8) is 0 Å².